The smallest absolute Gasteiger partial charge is 0.217 e. The molecule has 4 aromatic carbocycles. The van der Waals surface area contributed by atoms with Gasteiger partial charge in [-0.2, -0.15) is 4.68 Å². The number of carbonyl (C=O) groups excluding carboxylic acids is 1. The van der Waals surface area contributed by atoms with E-state index in [-0.39, 0.29) is 30.6 Å². The van der Waals surface area contributed by atoms with Crippen molar-refractivity contribution in [1.29, 1.82) is 0 Å². The molecule has 2 N–H and O–H groups in total. The summed E-state index contributed by atoms with van der Waals surface area (Å²) in [6, 6.07) is 34.1. The molecule has 9 nitrogen and oxygen atoms in total. The van der Waals surface area contributed by atoms with Gasteiger partial charge in [0.15, 0.2) is 6.29 Å². The molecule has 0 unspecified atom stereocenters. The monoisotopic (exact) mass is 621 g/mol. The highest BCUT2D eigenvalue weighted by molar-refractivity contribution is 7.99. The molecule has 6 rings (SSSR count). The quantitative estimate of drug-likeness (QED) is 0.182. The van der Waals surface area contributed by atoms with Crippen molar-refractivity contribution in [2.45, 2.75) is 50.7 Å². The zero-order valence-corrected chi connectivity index (χ0v) is 25.9. The molecule has 5 aromatic rings. The first kappa shape index (κ1) is 30.7. The Morgan fingerprint density at radius 3 is 2.40 bits per heavy atom. The lowest BCUT2D eigenvalue weighted by Crippen LogP contribution is -2.38. The number of amides is 1. The number of para-hydroxylation sites is 1. The summed E-state index contributed by atoms with van der Waals surface area (Å²) in [6.45, 7) is 4.12. The fraction of sp³-hybridized carbons (Fsp3) is 0.257. The van der Waals surface area contributed by atoms with E-state index in [1.807, 2.05) is 78.9 Å². The van der Waals surface area contributed by atoms with Crippen molar-refractivity contribution in [3.05, 3.63) is 125 Å². The highest BCUT2D eigenvalue weighted by Gasteiger charge is 2.38. The van der Waals surface area contributed by atoms with Gasteiger partial charge < -0.3 is 19.9 Å². The van der Waals surface area contributed by atoms with Crippen molar-refractivity contribution >= 4 is 17.7 Å². The summed E-state index contributed by atoms with van der Waals surface area (Å²) in [6.07, 6.45) is -1.03. The molecule has 10 heteroatoms. The maximum Gasteiger partial charge on any atom is 0.217 e. The zero-order chi connectivity index (χ0) is 31.2. The van der Waals surface area contributed by atoms with Gasteiger partial charge in [0.2, 0.25) is 11.1 Å². The second-order valence-corrected chi connectivity index (χ2v) is 12.1. The summed E-state index contributed by atoms with van der Waals surface area (Å²) < 4.78 is 15.1. The minimum absolute atomic E-state index is 0.0126. The summed E-state index contributed by atoms with van der Waals surface area (Å²) in [5, 5.41) is 25.5. The zero-order valence-electron chi connectivity index (χ0n) is 25.1. The van der Waals surface area contributed by atoms with Crippen LogP contribution in [0.3, 0.4) is 0 Å². The third-order valence-electron chi connectivity index (χ3n) is 7.90. The standard InChI is InChI=1S/C35H35N5O4S/c1-23-32(22-45-35-37-38-39-40(35)31-12-4-3-5-13-31)43-34(44-33(23)27-16-14-25(21-41)15-17-27)30-11-7-10-29(19-30)28-9-6-8-26(18-28)20-36-24(2)42/h3-19,23,32-34,41H,20-22H2,1-2H3,(H,36,42)/t23-,32+,33+,34+/m1/s1. The summed E-state index contributed by atoms with van der Waals surface area (Å²) in [4.78, 5) is 11.4. The first-order chi connectivity index (χ1) is 22.0. The van der Waals surface area contributed by atoms with Crippen LogP contribution in [0.25, 0.3) is 16.8 Å². The van der Waals surface area contributed by atoms with E-state index in [1.54, 1.807) is 16.4 Å². The molecule has 1 aliphatic heterocycles. The molecule has 0 spiro atoms. The highest BCUT2D eigenvalue weighted by Crippen LogP contribution is 2.43. The first-order valence-corrected chi connectivity index (χ1v) is 15.9. The van der Waals surface area contributed by atoms with Gasteiger partial charge in [0.25, 0.3) is 0 Å². The van der Waals surface area contributed by atoms with E-state index in [4.69, 9.17) is 9.47 Å². The summed E-state index contributed by atoms with van der Waals surface area (Å²) in [7, 11) is 0. The van der Waals surface area contributed by atoms with E-state index < -0.39 is 6.29 Å². The molecular formula is C35H35N5O4S. The SMILES string of the molecule is CC(=O)NCc1cccc(-c2cccc([C@H]3O[C@@H](CSc4nnnn4-c4ccccc4)[C@@H](C)[C@@H](c4ccc(CO)cc4)O3)c2)c1. The van der Waals surface area contributed by atoms with Gasteiger partial charge in [-0.1, -0.05) is 97.5 Å². The van der Waals surface area contributed by atoms with Crippen LogP contribution in [0.2, 0.25) is 0 Å². The molecule has 0 radical (unpaired) electrons. The number of aliphatic hydroxyl groups is 1. The van der Waals surface area contributed by atoms with Crippen LogP contribution >= 0.6 is 11.8 Å². The van der Waals surface area contributed by atoms with E-state index in [0.29, 0.717) is 17.5 Å². The molecule has 1 amide bonds. The molecule has 2 heterocycles. The Balaban J connectivity index is 1.27. The van der Waals surface area contributed by atoms with Gasteiger partial charge >= 0.3 is 0 Å². The second kappa shape index (κ2) is 14.2. The molecule has 1 aromatic heterocycles. The average Bonchev–Trinajstić information content (AvgIpc) is 3.56. The molecule has 0 bridgehead atoms. The Bertz CT molecular complexity index is 1730. The third-order valence-corrected chi connectivity index (χ3v) is 8.91. The maximum atomic E-state index is 11.4. The fourth-order valence-electron chi connectivity index (χ4n) is 5.42. The lowest BCUT2D eigenvalue weighted by atomic mass is 9.91. The Labute approximate surface area is 266 Å². The third kappa shape index (κ3) is 7.32. The number of carbonyl (C=O) groups is 1. The molecule has 230 valence electrons. The van der Waals surface area contributed by atoms with Crippen LogP contribution in [0.4, 0.5) is 0 Å². The lowest BCUT2D eigenvalue weighted by Gasteiger charge is -2.41. The van der Waals surface area contributed by atoms with Gasteiger partial charge in [0.05, 0.1) is 24.5 Å². The molecular weight excluding hydrogens is 586 g/mol. The van der Waals surface area contributed by atoms with Gasteiger partial charge in [-0.3, -0.25) is 4.79 Å². The predicted molar refractivity (Wildman–Crippen MR) is 172 cm³/mol. The van der Waals surface area contributed by atoms with Gasteiger partial charge in [0.1, 0.15) is 0 Å². The van der Waals surface area contributed by atoms with Crippen LogP contribution in [-0.4, -0.2) is 43.1 Å². The van der Waals surface area contributed by atoms with Crippen LogP contribution in [0.5, 0.6) is 0 Å². The molecule has 1 fully saturated rings. The van der Waals surface area contributed by atoms with Crippen molar-refractivity contribution in [1.82, 2.24) is 25.5 Å². The van der Waals surface area contributed by atoms with Crippen molar-refractivity contribution in [3.63, 3.8) is 0 Å². The molecule has 45 heavy (non-hydrogen) atoms. The first-order valence-electron chi connectivity index (χ1n) is 14.9. The number of tetrazole rings is 1. The number of thioether (sulfide) groups is 1. The van der Waals surface area contributed by atoms with Crippen LogP contribution in [0, 0.1) is 5.92 Å². The maximum absolute atomic E-state index is 11.4. The Hall–Kier alpha value is -4.35. The number of benzene rings is 4. The van der Waals surface area contributed by atoms with E-state index in [9.17, 15) is 9.90 Å². The molecule has 0 saturated carbocycles. The topological polar surface area (TPSA) is 111 Å². The van der Waals surface area contributed by atoms with E-state index in [1.165, 1.54) is 6.92 Å². The molecule has 0 aliphatic carbocycles. The van der Waals surface area contributed by atoms with Gasteiger partial charge in [-0.25, -0.2) is 0 Å². The van der Waals surface area contributed by atoms with Crippen molar-refractivity contribution in [2.24, 2.45) is 5.92 Å². The van der Waals surface area contributed by atoms with E-state index in [2.05, 4.69) is 52.0 Å². The van der Waals surface area contributed by atoms with Crippen LogP contribution in [-0.2, 0) is 27.4 Å². The van der Waals surface area contributed by atoms with Gasteiger partial charge in [0, 0.05) is 30.7 Å². The Morgan fingerprint density at radius 1 is 0.889 bits per heavy atom. The number of nitrogens with zero attached hydrogens (tertiary/aromatic N) is 4. The summed E-state index contributed by atoms with van der Waals surface area (Å²) >= 11 is 1.55. The van der Waals surface area contributed by atoms with Crippen molar-refractivity contribution < 1.29 is 19.4 Å². The normalized spacial score (nSPS) is 19.7. The number of hydrogen-bond acceptors (Lipinski definition) is 8. The van der Waals surface area contributed by atoms with Crippen molar-refractivity contribution in [2.75, 3.05) is 5.75 Å². The Kier molecular flexibility index (Phi) is 9.66. The average molecular weight is 622 g/mol. The highest BCUT2D eigenvalue weighted by atomic mass is 32.2. The number of aliphatic hydroxyl groups excluding tert-OH is 1. The number of rotatable bonds is 10. The number of hydrogen-bond donors (Lipinski definition) is 2. The van der Waals surface area contributed by atoms with Crippen molar-refractivity contribution in [3.8, 4) is 16.8 Å². The number of ether oxygens (including phenoxy) is 2. The Morgan fingerprint density at radius 2 is 1.64 bits per heavy atom. The van der Waals surface area contributed by atoms with Gasteiger partial charge in [-0.05, 0) is 62.5 Å². The van der Waals surface area contributed by atoms with E-state index in [0.717, 1.165) is 39.1 Å². The summed E-state index contributed by atoms with van der Waals surface area (Å²) in [5.41, 5.74) is 6.77. The van der Waals surface area contributed by atoms with Crippen LogP contribution < -0.4 is 5.32 Å². The minimum Gasteiger partial charge on any atom is -0.392 e. The van der Waals surface area contributed by atoms with Crippen LogP contribution in [0.1, 0.15) is 48.5 Å². The largest absolute Gasteiger partial charge is 0.392 e. The molecule has 4 atom stereocenters. The minimum atomic E-state index is -0.609. The number of nitrogens with one attached hydrogen (secondary N) is 1. The number of aromatic nitrogens is 4. The lowest BCUT2D eigenvalue weighted by molar-refractivity contribution is -0.268. The summed E-state index contributed by atoms with van der Waals surface area (Å²) in [5.74, 6) is 0.570. The predicted octanol–water partition coefficient (Wildman–Crippen LogP) is 6.04. The molecule has 1 aliphatic rings. The van der Waals surface area contributed by atoms with E-state index >= 15 is 0 Å². The second-order valence-electron chi connectivity index (χ2n) is 11.1. The van der Waals surface area contributed by atoms with Gasteiger partial charge in [-0.15, -0.1) is 5.10 Å². The fourth-order valence-corrected chi connectivity index (χ4v) is 6.47. The molecule has 1 saturated heterocycles. The van der Waals surface area contributed by atoms with Crippen LogP contribution in [0.15, 0.2) is 108 Å².